The SMILES string of the molecule is C1=NCCN1.NNO.O=C(O)C(=O)O. The number of hydrogen-bond acceptors (Lipinski definition) is 7. The first-order valence-electron chi connectivity index (χ1n) is 3.33. The lowest BCUT2D eigenvalue weighted by Gasteiger charge is -1.75. The van der Waals surface area contributed by atoms with Crippen molar-refractivity contribution in [2.75, 3.05) is 13.1 Å². The minimum Gasteiger partial charge on any atom is -0.473 e. The van der Waals surface area contributed by atoms with Crippen LogP contribution in [-0.4, -0.2) is 46.8 Å². The lowest BCUT2D eigenvalue weighted by Crippen LogP contribution is -2.14. The van der Waals surface area contributed by atoms with E-state index >= 15 is 0 Å². The fourth-order valence-electron chi connectivity index (χ4n) is 0.323. The maximum atomic E-state index is 9.10. The molecule has 0 fully saturated rings. The smallest absolute Gasteiger partial charge is 0.414 e. The van der Waals surface area contributed by atoms with Gasteiger partial charge < -0.3 is 20.7 Å². The van der Waals surface area contributed by atoms with Gasteiger partial charge in [-0.3, -0.25) is 4.99 Å². The number of nitrogens with two attached hydrogens (primary N) is 1. The summed E-state index contributed by atoms with van der Waals surface area (Å²) in [5.41, 5.74) is 1.25. The van der Waals surface area contributed by atoms with E-state index in [2.05, 4.69) is 16.2 Å². The zero-order valence-corrected chi connectivity index (χ0v) is 7.17. The van der Waals surface area contributed by atoms with Gasteiger partial charge in [0.1, 0.15) is 0 Å². The van der Waals surface area contributed by atoms with Gasteiger partial charge in [0.2, 0.25) is 0 Å². The fraction of sp³-hybridized carbons (Fsp3) is 0.400. The Morgan fingerprint density at radius 2 is 1.86 bits per heavy atom. The van der Waals surface area contributed by atoms with E-state index in [1.165, 1.54) is 5.59 Å². The number of carboxylic acid groups (broad SMARTS) is 2. The highest BCUT2D eigenvalue weighted by molar-refractivity contribution is 6.27. The minimum atomic E-state index is -1.82. The molecular formula is C5H12N4O5. The van der Waals surface area contributed by atoms with Crippen LogP contribution in [0.25, 0.3) is 0 Å². The molecule has 0 saturated heterocycles. The van der Waals surface area contributed by atoms with Crippen LogP contribution < -0.4 is 16.7 Å². The van der Waals surface area contributed by atoms with Crippen molar-refractivity contribution in [3.63, 3.8) is 0 Å². The molecule has 0 aromatic carbocycles. The standard InChI is InChI=1S/C3H6N2.C2H2O4.H4N2O/c1-2-5-3-4-1;3-1(4)2(5)6;1-2-3/h3H,1-2H2,(H,4,5);(H,3,4)(H,5,6);2-3H,1H2. The van der Waals surface area contributed by atoms with Gasteiger partial charge in [-0.15, -0.1) is 5.59 Å². The van der Waals surface area contributed by atoms with Crippen LogP contribution in [-0.2, 0) is 9.59 Å². The average molecular weight is 208 g/mol. The number of carboxylic acids is 2. The molecule has 1 aliphatic heterocycles. The first-order chi connectivity index (χ1) is 6.56. The number of aliphatic imine (C=N–C) groups is 1. The van der Waals surface area contributed by atoms with E-state index in [1.54, 1.807) is 6.34 Å². The third-order valence-corrected chi connectivity index (χ3v) is 0.751. The van der Waals surface area contributed by atoms with Crippen molar-refractivity contribution in [2.45, 2.75) is 0 Å². The number of rotatable bonds is 0. The van der Waals surface area contributed by atoms with Crippen molar-refractivity contribution in [2.24, 2.45) is 10.8 Å². The van der Waals surface area contributed by atoms with Crippen LogP contribution in [0.2, 0.25) is 0 Å². The molecule has 9 nitrogen and oxygen atoms in total. The van der Waals surface area contributed by atoms with Gasteiger partial charge in [0, 0.05) is 6.54 Å². The van der Waals surface area contributed by atoms with Gasteiger partial charge in [-0.2, -0.15) is 0 Å². The Kier molecular flexibility index (Phi) is 11.9. The zero-order valence-electron chi connectivity index (χ0n) is 7.17. The highest BCUT2D eigenvalue weighted by Crippen LogP contribution is 1.68. The van der Waals surface area contributed by atoms with E-state index in [4.69, 9.17) is 25.0 Å². The van der Waals surface area contributed by atoms with Crippen LogP contribution >= 0.6 is 0 Å². The first-order valence-corrected chi connectivity index (χ1v) is 3.33. The first kappa shape index (κ1) is 14.8. The van der Waals surface area contributed by atoms with E-state index in [-0.39, 0.29) is 0 Å². The average Bonchev–Trinajstić information content (AvgIpc) is 2.61. The van der Waals surface area contributed by atoms with Gasteiger partial charge in [0.05, 0.1) is 12.9 Å². The van der Waals surface area contributed by atoms with Crippen molar-refractivity contribution in [3.8, 4) is 0 Å². The summed E-state index contributed by atoms with van der Waals surface area (Å²) in [5, 5.41) is 24.8. The maximum Gasteiger partial charge on any atom is 0.414 e. The van der Waals surface area contributed by atoms with Crippen molar-refractivity contribution in [1.29, 1.82) is 0 Å². The molecule has 14 heavy (non-hydrogen) atoms. The van der Waals surface area contributed by atoms with Crippen LogP contribution in [0.15, 0.2) is 4.99 Å². The van der Waals surface area contributed by atoms with Crippen LogP contribution in [0.4, 0.5) is 0 Å². The molecule has 7 N–H and O–H groups in total. The van der Waals surface area contributed by atoms with Gasteiger partial charge in [0.25, 0.3) is 0 Å². The number of hydrogen-bond donors (Lipinski definition) is 6. The lowest BCUT2D eigenvalue weighted by molar-refractivity contribution is -0.159. The molecule has 0 amide bonds. The molecular weight excluding hydrogens is 196 g/mol. The fourth-order valence-corrected chi connectivity index (χ4v) is 0.323. The molecule has 9 heteroatoms. The zero-order chi connectivity index (χ0) is 11.4. The van der Waals surface area contributed by atoms with Gasteiger partial charge >= 0.3 is 11.9 Å². The number of nitrogens with one attached hydrogen (secondary N) is 2. The second-order valence-electron chi connectivity index (χ2n) is 1.73. The summed E-state index contributed by atoms with van der Waals surface area (Å²) in [5.74, 6) is 0.505. The van der Waals surface area contributed by atoms with E-state index in [1.807, 2.05) is 0 Å². The Balaban J connectivity index is 0. The second-order valence-corrected chi connectivity index (χ2v) is 1.73. The molecule has 82 valence electrons. The number of hydrazine groups is 1. The van der Waals surface area contributed by atoms with Crippen molar-refractivity contribution in [1.82, 2.24) is 10.9 Å². The highest BCUT2D eigenvalue weighted by Gasteiger charge is 2.04. The largest absolute Gasteiger partial charge is 0.473 e. The molecule has 1 heterocycles. The molecule has 0 aromatic rings. The summed E-state index contributed by atoms with van der Waals surface area (Å²) in [6.45, 7) is 1.99. The summed E-state index contributed by atoms with van der Waals surface area (Å²) in [6, 6.07) is 0. The Labute approximate surface area is 79.2 Å². The van der Waals surface area contributed by atoms with Gasteiger partial charge in [-0.25, -0.2) is 15.4 Å². The summed E-state index contributed by atoms with van der Waals surface area (Å²) in [4.78, 5) is 22.0. The lowest BCUT2D eigenvalue weighted by atomic mass is 10.7. The van der Waals surface area contributed by atoms with E-state index in [9.17, 15) is 0 Å². The predicted molar refractivity (Wildman–Crippen MR) is 45.7 cm³/mol. The van der Waals surface area contributed by atoms with E-state index in [0.29, 0.717) is 0 Å². The molecule has 0 radical (unpaired) electrons. The highest BCUT2D eigenvalue weighted by atomic mass is 16.5. The Morgan fingerprint density at radius 1 is 1.43 bits per heavy atom. The molecule has 0 spiro atoms. The van der Waals surface area contributed by atoms with Crippen molar-refractivity contribution >= 4 is 18.3 Å². The van der Waals surface area contributed by atoms with Gasteiger partial charge in [-0.1, -0.05) is 0 Å². The number of carbonyl (C=O) groups is 2. The normalized spacial score (nSPS) is 11.3. The molecule has 0 aliphatic carbocycles. The third-order valence-electron chi connectivity index (χ3n) is 0.751. The molecule has 0 bridgehead atoms. The molecule has 0 aromatic heterocycles. The van der Waals surface area contributed by atoms with Gasteiger partial charge in [0.15, 0.2) is 0 Å². The molecule has 0 atom stereocenters. The summed E-state index contributed by atoms with van der Waals surface area (Å²) in [7, 11) is 0. The quantitative estimate of drug-likeness (QED) is 0.146. The Bertz CT molecular complexity index is 177. The number of nitrogens with zero attached hydrogens (tertiary/aromatic N) is 1. The second kappa shape index (κ2) is 11.3. The van der Waals surface area contributed by atoms with Crippen LogP contribution in [0.3, 0.4) is 0 Å². The van der Waals surface area contributed by atoms with E-state index in [0.717, 1.165) is 13.1 Å². The van der Waals surface area contributed by atoms with Crippen molar-refractivity contribution < 1.29 is 25.0 Å². The molecule has 0 unspecified atom stereocenters. The third kappa shape index (κ3) is 16.7. The molecule has 1 rings (SSSR count). The van der Waals surface area contributed by atoms with E-state index < -0.39 is 11.9 Å². The minimum absolute atomic E-state index is 0.958. The predicted octanol–water partition coefficient (Wildman–Crippen LogP) is -2.39. The topological polar surface area (TPSA) is 157 Å². The molecule has 1 aliphatic rings. The summed E-state index contributed by atoms with van der Waals surface area (Å²) in [6.07, 6.45) is 1.74. The number of aliphatic carboxylic acids is 2. The summed E-state index contributed by atoms with van der Waals surface area (Å²) < 4.78 is 0. The Hall–Kier alpha value is -1.71. The van der Waals surface area contributed by atoms with Gasteiger partial charge in [-0.05, 0) is 0 Å². The Morgan fingerprint density at radius 3 is 1.93 bits per heavy atom. The monoisotopic (exact) mass is 208 g/mol. The van der Waals surface area contributed by atoms with Crippen molar-refractivity contribution in [3.05, 3.63) is 0 Å². The summed E-state index contributed by atoms with van der Waals surface area (Å²) >= 11 is 0. The van der Waals surface area contributed by atoms with Crippen LogP contribution in [0.1, 0.15) is 0 Å². The van der Waals surface area contributed by atoms with Crippen LogP contribution in [0.5, 0.6) is 0 Å². The van der Waals surface area contributed by atoms with Crippen LogP contribution in [0, 0.1) is 0 Å². The molecule has 0 saturated carbocycles. The maximum absolute atomic E-state index is 9.10.